The Hall–Kier alpha value is -1.56. The number of aliphatic hydroxyl groups excluding tert-OH is 1. The van der Waals surface area contributed by atoms with Gasteiger partial charge in [0.15, 0.2) is 5.96 Å². The number of hydrogen-bond donors (Lipinski definition) is 2. The molecule has 6 heteroatoms. The number of aromatic nitrogens is 2. The summed E-state index contributed by atoms with van der Waals surface area (Å²) >= 11 is 0. The van der Waals surface area contributed by atoms with Gasteiger partial charge in [0.05, 0.1) is 6.20 Å². The van der Waals surface area contributed by atoms with E-state index in [4.69, 9.17) is 4.99 Å². The minimum atomic E-state index is 0.231. The van der Waals surface area contributed by atoms with E-state index in [1.807, 2.05) is 31.2 Å². The topological polar surface area (TPSA) is 65.7 Å². The Balaban J connectivity index is 2.69. The molecule has 0 saturated carbocycles. The number of nitrogens with zero attached hydrogens (tertiary/aromatic N) is 4. The second kappa shape index (κ2) is 10.3. The molecule has 23 heavy (non-hydrogen) atoms. The molecule has 0 aromatic carbocycles. The summed E-state index contributed by atoms with van der Waals surface area (Å²) in [6, 6.07) is 0. The molecule has 0 spiro atoms. The molecule has 1 heterocycles. The van der Waals surface area contributed by atoms with Gasteiger partial charge >= 0.3 is 0 Å². The van der Waals surface area contributed by atoms with Gasteiger partial charge in [-0.3, -0.25) is 9.67 Å². The first-order valence-electron chi connectivity index (χ1n) is 8.54. The summed E-state index contributed by atoms with van der Waals surface area (Å²) in [6.07, 6.45) is 5.81. The van der Waals surface area contributed by atoms with Crippen LogP contribution in [0.4, 0.5) is 0 Å². The molecule has 0 aliphatic heterocycles. The molecule has 0 saturated heterocycles. The van der Waals surface area contributed by atoms with Gasteiger partial charge in [0.2, 0.25) is 0 Å². The maximum atomic E-state index is 9.24. The van der Waals surface area contributed by atoms with E-state index < -0.39 is 0 Å². The van der Waals surface area contributed by atoms with Crippen molar-refractivity contribution in [1.29, 1.82) is 0 Å². The molecule has 0 aliphatic rings. The Morgan fingerprint density at radius 3 is 2.74 bits per heavy atom. The first-order chi connectivity index (χ1) is 11.0. The van der Waals surface area contributed by atoms with E-state index in [-0.39, 0.29) is 6.61 Å². The highest BCUT2D eigenvalue weighted by atomic mass is 16.3. The SMILES string of the molecule is CCNC(=NCC(CCO)CC(C)C)N(C)Cc1cnn(C)c1. The minimum Gasteiger partial charge on any atom is -0.396 e. The molecule has 2 N–H and O–H groups in total. The van der Waals surface area contributed by atoms with Crippen LogP contribution in [-0.4, -0.2) is 52.5 Å². The molecule has 1 aromatic heterocycles. The number of guanidine groups is 1. The minimum absolute atomic E-state index is 0.231. The van der Waals surface area contributed by atoms with E-state index in [0.29, 0.717) is 11.8 Å². The van der Waals surface area contributed by atoms with Crippen molar-refractivity contribution < 1.29 is 5.11 Å². The van der Waals surface area contributed by atoms with E-state index in [0.717, 1.165) is 44.0 Å². The molecule has 1 atom stereocenters. The first-order valence-corrected chi connectivity index (χ1v) is 8.54. The fraction of sp³-hybridized carbons (Fsp3) is 0.765. The van der Waals surface area contributed by atoms with Gasteiger partial charge in [-0.25, -0.2) is 0 Å². The Kier molecular flexibility index (Phi) is 8.69. The largest absolute Gasteiger partial charge is 0.396 e. The summed E-state index contributed by atoms with van der Waals surface area (Å²) in [6.45, 7) is 9.10. The molecule has 6 nitrogen and oxygen atoms in total. The van der Waals surface area contributed by atoms with Crippen molar-refractivity contribution in [3.05, 3.63) is 18.0 Å². The van der Waals surface area contributed by atoms with Crippen molar-refractivity contribution in [2.24, 2.45) is 23.9 Å². The van der Waals surface area contributed by atoms with Crippen molar-refractivity contribution in [2.45, 2.75) is 40.2 Å². The second-order valence-electron chi connectivity index (χ2n) is 6.58. The molecule has 1 unspecified atom stereocenters. The van der Waals surface area contributed by atoms with Crippen molar-refractivity contribution >= 4 is 5.96 Å². The Morgan fingerprint density at radius 2 is 2.22 bits per heavy atom. The van der Waals surface area contributed by atoms with Gasteiger partial charge in [-0.05, 0) is 31.6 Å². The van der Waals surface area contributed by atoms with E-state index >= 15 is 0 Å². The lowest BCUT2D eigenvalue weighted by Gasteiger charge is -2.23. The fourth-order valence-electron chi connectivity index (χ4n) is 2.72. The van der Waals surface area contributed by atoms with Crippen LogP contribution in [0.15, 0.2) is 17.4 Å². The molecule has 0 fully saturated rings. The average Bonchev–Trinajstić information content (AvgIpc) is 2.87. The number of aliphatic imine (C=N–C) groups is 1. The molecular formula is C17H33N5O. The van der Waals surface area contributed by atoms with Crippen LogP contribution in [0.2, 0.25) is 0 Å². The van der Waals surface area contributed by atoms with E-state index in [1.54, 1.807) is 0 Å². The second-order valence-corrected chi connectivity index (χ2v) is 6.58. The molecule has 1 rings (SSSR count). The summed E-state index contributed by atoms with van der Waals surface area (Å²) in [7, 11) is 3.96. The third kappa shape index (κ3) is 7.50. The van der Waals surface area contributed by atoms with Crippen molar-refractivity contribution in [1.82, 2.24) is 20.0 Å². The number of aliphatic hydroxyl groups is 1. The van der Waals surface area contributed by atoms with Gasteiger partial charge in [0.25, 0.3) is 0 Å². The van der Waals surface area contributed by atoms with Gasteiger partial charge in [0.1, 0.15) is 0 Å². The molecular weight excluding hydrogens is 290 g/mol. The molecule has 0 radical (unpaired) electrons. The predicted molar refractivity (Wildman–Crippen MR) is 95.3 cm³/mol. The Bertz CT molecular complexity index is 469. The molecule has 0 bridgehead atoms. The quantitative estimate of drug-likeness (QED) is 0.538. The summed E-state index contributed by atoms with van der Waals surface area (Å²) in [5, 5.41) is 16.8. The molecule has 0 aliphatic carbocycles. The molecule has 1 aromatic rings. The lowest BCUT2D eigenvalue weighted by Crippen LogP contribution is -2.38. The maximum absolute atomic E-state index is 9.24. The van der Waals surface area contributed by atoms with Gasteiger partial charge < -0.3 is 15.3 Å². The van der Waals surface area contributed by atoms with Crippen LogP contribution in [-0.2, 0) is 13.6 Å². The lowest BCUT2D eigenvalue weighted by molar-refractivity contribution is 0.245. The smallest absolute Gasteiger partial charge is 0.193 e. The Morgan fingerprint density at radius 1 is 1.48 bits per heavy atom. The molecule has 0 amide bonds. The van der Waals surface area contributed by atoms with Gasteiger partial charge in [0, 0.05) is 52.1 Å². The van der Waals surface area contributed by atoms with Crippen molar-refractivity contribution in [3.63, 3.8) is 0 Å². The van der Waals surface area contributed by atoms with Crippen LogP contribution < -0.4 is 5.32 Å². The Labute approximate surface area is 140 Å². The normalized spacial score (nSPS) is 13.4. The monoisotopic (exact) mass is 323 g/mol. The van der Waals surface area contributed by atoms with Crippen molar-refractivity contribution in [3.8, 4) is 0 Å². The summed E-state index contributed by atoms with van der Waals surface area (Å²) in [5.41, 5.74) is 1.16. The van der Waals surface area contributed by atoms with Gasteiger partial charge in [-0.1, -0.05) is 13.8 Å². The third-order valence-corrected chi connectivity index (χ3v) is 3.72. The van der Waals surface area contributed by atoms with Gasteiger partial charge in [-0.15, -0.1) is 0 Å². The van der Waals surface area contributed by atoms with E-state index in [2.05, 4.69) is 36.1 Å². The summed E-state index contributed by atoms with van der Waals surface area (Å²) in [4.78, 5) is 6.90. The highest BCUT2D eigenvalue weighted by Crippen LogP contribution is 2.15. The zero-order valence-electron chi connectivity index (χ0n) is 15.3. The number of nitrogens with one attached hydrogen (secondary N) is 1. The highest BCUT2D eigenvalue weighted by Gasteiger charge is 2.12. The number of rotatable bonds is 9. The average molecular weight is 323 g/mol. The van der Waals surface area contributed by atoms with Crippen LogP contribution in [0.5, 0.6) is 0 Å². The van der Waals surface area contributed by atoms with Gasteiger partial charge in [-0.2, -0.15) is 5.10 Å². The summed E-state index contributed by atoms with van der Waals surface area (Å²) < 4.78 is 1.81. The third-order valence-electron chi connectivity index (χ3n) is 3.72. The molecule has 132 valence electrons. The van der Waals surface area contributed by atoms with Crippen LogP contribution in [0.3, 0.4) is 0 Å². The number of hydrogen-bond acceptors (Lipinski definition) is 3. The number of aryl methyl sites for hydroxylation is 1. The van der Waals surface area contributed by atoms with Crippen LogP contribution >= 0.6 is 0 Å². The zero-order valence-corrected chi connectivity index (χ0v) is 15.3. The highest BCUT2D eigenvalue weighted by molar-refractivity contribution is 5.79. The maximum Gasteiger partial charge on any atom is 0.193 e. The summed E-state index contributed by atoms with van der Waals surface area (Å²) in [5.74, 6) is 1.96. The standard InChI is InChI=1S/C17H33N5O/c1-6-18-17(19-10-15(7-8-23)9-14(2)3)21(4)12-16-11-20-22(5)13-16/h11,13-15,23H,6-10,12H2,1-5H3,(H,18,19). The lowest BCUT2D eigenvalue weighted by atomic mass is 9.94. The first kappa shape index (κ1) is 19.5. The van der Waals surface area contributed by atoms with Crippen molar-refractivity contribution in [2.75, 3.05) is 26.7 Å². The van der Waals surface area contributed by atoms with Crippen LogP contribution in [0.25, 0.3) is 0 Å². The predicted octanol–water partition coefficient (Wildman–Crippen LogP) is 1.86. The fourth-order valence-corrected chi connectivity index (χ4v) is 2.72. The zero-order chi connectivity index (χ0) is 17.2. The van der Waals surface area contributed by atoms with E-state index in [1.165, 1.54) is 0 Å². The van der Waals surface area contributed by atoms with Crippen LogP contribution in [0.1, 0.15) is 39.2 Å². The van der Waals surface area contributed by atoms with E-state index in [9.17, 15) is 5.11 Å². The van der Waals surface area contributed by atoms with Crippen LogP contribution in [0, 0.1) is 11.8 Å².